The SMILES string of the molecule is COc1ccc2ccccc2c1CNC(=O)Cn1c(=O)oc2ccccc21. The molecule has 0 saturated heterocycles. The van der Waals surface area contributed by atoms with E-state index in [1.165, 1.54) is 4.57 Å². The number of amides is 1. The molecule has 0 aliphatic carbocycles. The first-order valence-corrected chi connectivity index (χ1v) is 8.57. The van der Waals surface area contributed by atoms with Gasteiger partial charge in [-0.05, 0) is 29.0 Å². The Morgan fingerprint density at radius 3 is 2.70 bits per heavy atom. The number of para-hydroxylation sites is 2. The minimum atomic E-state index is -0.547. The van der Waals surface area contributed by atoms with Crippen LogP contribution in [0.1, 0.15) is 5.56 Å². The van der Waals surface area contributed by atoms with Gasteiger partial charge in [-0.2, -0.15) is 0 Å². The van der Waals surface area contributed by atoms with E-state index in [-0.39, 0.29) is 12.5 Å². The van der Waals surface area contributed by atoms with E-state index in [1.807, 2.05) is 36.4 Å². The number of carbonyl (C=O) groups excluding carboxylic acids is 1. The molecule has 6 nitrogen and oxygen atoms in total. The van der Waals surface area contributed by atoms with E-state index in [9.17, 15) is 9.59 Å². The number of nitrogens with one attached hydrogen (secondary N) is 1. The molecule has 0 atom stereocenters. The minimum absolute atomic E-state index is 0.108. The van der Waals surface area contributed by atoms with Gasteiger partial charge in [0.25, 0.3) is 0 Å². The number of benzene rings is 3. The van der Waals surface area contributed by atoms with E-state index in [4.69, 9.17) is 9.15 Å². The van der Waals surface area contributed by atoms with Crippen LogP contribution in [0.5, 0.6) is 5.75 Å². The summed E-state index contributed by atoms with van der Waals surface area (Å²) in [5, 5.41) is 4.96. The van der Waals surface area contributed by atoms with Crippen molar-refractivity contribution < 1.29 is 13.9 Å². The van der Waals surface area contributed by atoms with Crippen molar-refractivity contribution in [3.05, 3.63) is 76.8 Å². The first-order chi connectivity index (χ1) is 13.2. The molecule has 0 saturated carbocycles. The molecule has 136 valence electrons. The Bertz CT molecular complexity index is 1190. The molecule has 4 rings (SSSR count). The van der Waals surface area contributed by atoms with Crippen molar-refractivity contribution in [1.29, 1.82) is 0 Å². The van der Waals surface area contributed by atoms with Gasteiger partial charge in [-0.3, -0.25) is 9.36 Å². The van der Waals surface area contributed by atoms with Gasteiger partial charge in [0.15, 0.2) is 5.58 Å². The quantitative estimate of drug-likeness (QED) is 0.592. The Kier molecular flexibility index (Phi) is 4.38. The summed E-state index contributed by atoms with van der Waals surface area (Å²) in [6.45, 7) is 0.191. The highest BCUT2D eigenvalue weighted by molar-refractivity contribution is 5.88. The van der Waals surface area contributed by atoms with Crippen molar-refractivity contribution in [2.24, 2.45) is 0 Å². The molecule has 0 spiro atoms. The van der Waals surface area contributed by atoms with E-state index >= 15 is 0 Å². The lowest BCUT2D eigenvalue weighted by Gasteiger charge is -2.13. The topological polar surface area (TPSA) is 73.5 Å². The number of aromatic nitrogens is 1. The zero-order chi connectivity index (χ0) is 18.8. The van der Waals surface area contributed by atoms with Gasteiger partial charge >= 0.3 is 5.76 Å². The molecular formula is C21H18N2O4. The Hall–Kier alpha value is -3.54. The van der Waals surface area contributed by atoms with Crippen molar-refractivity contribution in [2.45, 2.75) is 13.1 Å². The van der Waals surface area contributed by atoms with E-state index in [2.05, 4.69) is 5.32 Å². The van der Waals surface area contributed by atoms with Crippen molar-refractivity contribution in [3.8, 4) is 5.75 Å². The fourth-order valence-electron chi connectivity index (χ4n) is 3.24. The van der Waals surface area contributed by atoms with E-state index in [0.717, 1.165) is 16.3 Å². The van der Waals surface area contributed by atoms with Crippen LogP contribution in [0.15, 0.2) is 69.9 Å². The van der Waals surface area contributed by atoms with Crippen LogP contribution < -0.4 is 15.8 Å². The third-order valence-electron chi connectivity index (χ3n) is 4.56. The summed E-state index contributed by atoms with van der Waals surface area (Å²) >= 11 is 0. The molecule has 0 aliphatic heterocycles. The van der Waals surface area contributed by atoms with E-state index < -0.39 is 5.76 Å². The molecule has 1 amide bonds. The number of nitrogens with zero attached hydrogens (tertiary/aromatic N) is 1. The first kappa shape index (κ1) is 16.9. The summed E-state index contributed by atoms with van der Waals surface area (Å²) in [4.78, 5) is 24.5. The van der Waals surface area contributed by atoms with Crippen LogP contribution in [0, 0.1) is 0 Å². The molecule has 1 aromatic heterocycles. The van der Waals surface area contributed by atoms with Gasteiger partial charge in [-0.15, -0.1) is 0 Å². The Balaban J connectivity index is 1.57. The maximum atomic E-state index is 12.5. The van der Waals surface area contributed by atoms with Crippen molar-refractivity contribution in [3.63, 3.8) is 0 Å². The monoisotopic (exact) mass is 362 g/mol. The van der Waals surface area contributed by atoms with Crippen LogP contribution in [0.4, 0.5) is 0 Å². The van der Waals surface area contributed by atoms with Crippen LogP contribution in [0.2, 0.25) is 0 Å². The number of fused-ring (bicyclic) bond motifs is 2. The van der Waals surface area contributed by atoms with Gasteiger partial charge in [-0.25, -0.2) is 4.79 Å². The zero-order valence-electron chi connectivity index (χ0n) is 14.8. The number of hydrogen-bond acceptors (Lipinski definition) is 4. The first-order valence-electron chi connectivity index (χ1n) is 8.57. The molecule has 6 heteroatoms. The zero-order valence-corrected chi connectivity index (χ0v) is 14.8. The summed E-state index contributed by atoms with van der Waals surface area (Å²) < 4.78 is 11.9. The fourth-order valence-corrected chi connectivity index (χ4v) is 3.24. The normalized spacial score (nSPS) is 11.0. The predicted molar refractivity (Wildman–Crippen MR) is 103 cm³/mol. The standard InChI is InChI=1S/C21H18N2O4/c1-26-18-11-10-14-6-2-3-7-15(14)16(18)12-22-20(24)13-23-17-8-4-5-9-19(17)27-21(23)25/h2-11H,12-13H2,1H3,(H,22,24). The number of carbonyl (C=O) groups is 1. The fraction of sp³-hybridized carbons (Fsp3) is 0.143. The molecule has 3 aromatic carbocycles. The number of methoxy groups -OCH3 is 1. The summed E-state index contributed by atoms with van der Waals surface area (Å²) in [6, 6.07) is 18.8. The van der Waals surface area contributed by atoms with Crippen LogP contribution >= 0.6 is 0 Å². The van der Waals surface area contributed by atoms with Crippen molar-refractivity contribution in [2.75, 3.05) is 7.11 Å². The van der Waals surface area contributed by atoms with Gasteiger partial charge in [0, 0.05) is 12.1 Å². The number of ether oxygens (including phenoxy) is 1. The molecule has 0 aliphatic rings. The molecule has 0 radical (unpaired) electrons. The van der Waals surface area contributed by atoms with E-state index in [0.29, 0.717) is 23.4 Å². The molecule has 0 fully saturated rings. The van der Waals surface area contributed by atoms with Crippen LogP contribution in [0.25, 0.3) is 21.9 Å². The molecule has 1 N–H and O–H groups in total. The minimum Gasteiger partial charge on any atom is -0.496 e. The molecule has 1 heterocycles. The summed E-state index contributed by atoms with van der Waals surface area (Å²) in [5.41, 5.74) is 1.96. The van der Waals surface area contributed by atoms with Gasteiger partial charge < -0.3 is 14.5 Å². The van der Waals surface area contributed by atoms with Gasteiger partial charge in [0.1, 0.15) is 12.3 Å². The van der Waals surface area contributed by atoms with Gasteiger partial charge in [0.2, 0.25) is 5.91 Å². The lowest BCUT2D eigenvalue weighted by molar-refractivity contribution is -0.121. The average molecular weight is 362 g/mol. The Morgan fingerprint density at radius 1 is 1.07 bits per heavy atom. The highest BCUT2D eigenvalue weighted by Crippen LogP contribution is 2.27. The predicted octanol–water partition coefficient (Wildman–Crippen LogP) is 3.07. The number of oxazole rings is 1. The Labute approximate surface area is 155 Å². The van der Waals surface area contributed by atoms with E-state index in [1.54, 1.807) is 31.4 Å². The molecule has 4 aromatic rings. The lowest BCUT2D eigenvalue weighted by Crippen LogP contribution is -2.30. The molecule has 0 bridgehead atoms. The average Bonchev–Trinajstić information content (AvgIpc) is 3.01. The summed E-state index contributed by atoms with van der Waals surface area (Å²) in [6.07, 6.45) is 0. The summed E-state index contributed by atoms with van der Waals surface area (Å²) in [5.74, 6) is -0.118. The highest BCUT2D eigenvalue weighted by atomic mass is 16.5. The second kappa shape index (κ2) is 6.99. The number of hydrogen-bond donors (Lipinski definition) is 1. The van der Waals surface area contributed by atoms with Crippen LogP contribution in [-0.4, -0.2) is 17.6 Å². The lowest BCUT2D eigenvalue weighted by atomic mass is 10.0. The molecular weight excluding hydrogens is 344 g/mol. The molecule has 0 unspecified atom stereocenters. The largest absolute Gasteiger partial charge is 0.496 e. The highest BCUT2D eigenvalue weighted by Gasteiger charge is 2.14. The van der Waals surface area contributed by atoms with Gasteiger partial charge in [0.05, 0.1) is 12.6 Å². The molecule has 27 heavy (non-hydrogen) atoms. The maximum absolute atomic E-state index is 12.5. The van der Waals surface area contributed by atoms with Crippen molar-refractivity contribution >= 4 is 27.8 Å². The van der Waals surface area contributed by atoms with Crippen LogP contribution in [0.3, 0.4) is 0 Å². The third-order valence-corrected chi connectivity index (χ3v) is 4.56. The smallest absolute Gasteiger partial charge is 0.420 e. The van der Waals surface area contributed by atoms with Crippen LogP contribution in [-0.2, 0) is 17.9 Å². The second-order valence-electron chi connectivity index (χ2n) is 6.17. The summed E-state index contributed by atoms with van der Waals surface area (Å²) in [7, 11) is 1.60. The second-order valence-corrected chi connectivity index (χ2v) is 6.17. The van der Waals surface area contributed by atoms with Crippen molar-refractivity contribution in [1.82, 2.24) is 9.88 Å². The maximum Gasteiger partial charge on any atom is 0.420 e. The third kappa shape index (κ3) is 3.17. The Morgan fingerprint density at radius 2 is 1.85 bits per heavy atom. The van der Waals surface area contributed by atoms with Gasteiger partial charge in [-0.1, -0.05) is 42.5 Å². The number of rotatable bonds is 5.